The van der Waals surface area contributed by atoms with Crippen molar-refractivity contribution in [2.24, 2.45) is 0 Å². The molecule has 2 aromatic heterocycles. The number of anilines is 2. The third-order valence-electron chi connectivity index (χ3n) is 1.30. The zero-order valence-electron chi connectivity index (χ0n) is 5.44. The van der Waals surface area contributed by atoms with E-state index in [0.29, 0.717) is 11.0 Å². The fraction of sp³-hybridized carbons (Fsp3) is 0. The molecule has 2 heterocycles. The van der Waals surface area contributed by atoms with E-state index in [9.17, 15) is 0 Å². The molecule has 0 saturated heterocycles. The summed E-state index contributed by atoms with van der Waals surface area (Å²) < 4.78 is 0. The number of nitrogen functional groups attached to an aromatic ring is 2. The van der Waals surface area contributed by atoms with Crippen molar-refractivity contribution in [3.05, 3.63) is 0 Å². The maximum absolute atomic E-state index is 5.42. The predicted octanol–water partition coefficient (Wildman–Crippen LogP) is -1.09. The molecule has 0 aromatic carbocycles. The van der Waals surface area contributed by atoms with Crippen LogP contribution < -0.4 is 11.5 Å². The van der Waals surface area contributed by atoms with Gasteiger partial charge in [0.05, 0.1) is 0 Å². The SMILES string of the molecule is Nc1nnc(N)c2n[nH]nc12. The summed E-state index contributed by atoms with van der Waals surface area (Å²) in [7, 11) is 0. The van der Waals surface area contributed by atoms with Gasteiger partial charge in [0, 0.05) is 0 Å². The highest BCUT2D eigenvalue weighted by Gasteiger charge is 2.07. The van der Waals surface area contributed by atoms with Crippen LogP contribution in [-0.4, -0.2) is 25.6 Å². The Hall–Kier alpha value is -1.92. The van der Waals surface area contributed by atoms with Crippen LogP contribution in [0.25, 0.3) is 11.0 Å². The van der Waals surface area contributed by atoms with Crippen LogP contribution in [0.3, 0.4) is 0 Å². The number of aromatic amines is 1. The lowest BCUT2D eigenvalue weighted by Crippen LogP contribution is -1.99. The normalized spacial score (nSPS) is 10.5. The Balaban J connectivity index is 2.96. The minimum atomic E-state index is 0.225. The topological polar surface area (TPSA) is 119 Å². The van der Waals surface area contributed by atoms with E-state index in [2.05, 4.69) is 25.6 Å². The van der Waals surface area contributed by atoms with Crippen LogP contribution in [0.5, 0.6) is 0 Å². The van der Waals surface area contributed by atoms with Crippen LogP contribution >= 0.6 is 0 Å². The van der Waals surface area contributed by atoms with Gasteiger partial charge in [0.15, 0.2) is 22.7 Å². The molecule has 0 bridgehead atoms. The fourth-order valence-electron chi connectivity index (χ4n) is 0.791. The van der Waals surface area contributed by atoms with Crippen molar-refractivity contribution >= 4 is 22.7 Å². The molecule has 56 valence electrons. The maximum atomic E-state index is 5.42. The van der Waals surface area contributed by atoms with Gasteiger partial charge in [-0.15, -0.1) is 10.2 Å². The molecule has 7 nitrogen and oxygen atoms in total. The molecule has 0 amide bonds. The summed E-state index contributed by atoms with van der Waals surface area (Å²) in [5.41, 5.74) is 11.7. The van der Waals surface area contributed by atoms with Crippen molar-refractivity contribution in [1.29, 1.82) is 0 Å². The summed E-state index contributed by atoms with van der Waals surface area (Å²) >= 11 is 0. The number of nitrogens with zero attached hydrogens (tertiary/aromatic N) is 4. The minimum Gasteiger partial charge on any atom is -0.380 e. The first-order valence-corrected chi connectivity index (χ1v) is 2.87. The van der Waals surface area contributed by atoms with E-state index >= 15 is 0 Å². The third-order valence-corrected chi connectivity index (χ3v) is 1.30. The van der Waals surface area contributed by atoms with Crippen LogP contribution in [-0.2, 0) is 0 Å². The van der Waals surface area contributed by atoms with E-state index in [-0.39, 0.29) is 11.6 Å². The van der Waals surface area contributed by atoms with E-state index < -0.39 is 0 Å². The average Bonchev–Trinajstić information content (AvgIpc) is 2.45. The van der Waals surface area contributed by atoms with E-state index in [1.54, 1.807) is 0 Å². The molecule has 7 heteroatoms. The largest absolute Gasteiger partial charge is 0.380 e. The van der Waals surface area contributed by atoms with Crippen LogP contribution in [0.15, 0.2) is 0 Å². The molecular formula is C4H5N7. The standard InChI is InChI=1S/C4H5N7/c5-3-1-2(8-11-7-1)4(6)10-9-3/h(H2,5,9)(H2,6,10)(H,7,8,11). The van der Waals surface area contributed by atoms with Crippen LogP contribution in [0, 0.1) is 0 Å². The van der Waals surface area contributed by atoms with Gasteiger partial charge in [-0.05, 0) is 0 Å². The van der Waals surface area contributed by atoms with Gasteiger partial charge in [-0.25, -0.2) is 0 Å². The molecule has 0 spiro atoms. The second-order valence-corrected chi connectivity index (χ2v) is 1.99. The van der Waals surface area contributed by atoms with Crippen molar-refractivity contribution in [1.82, 2.24) is 25.6 Å². The van der Waals surface area contributed by atoms with Crippen molar-refractivity contribution in [3.63, 3.8) is 0 Å². The highest BCUT2D eigenvalue weighted by molar-refractivity contribution is 5.89. The lowest BCUT2D eigenvalue weighted by Gasteiger charge is -1.92. The lowest BCUT2D eigenvalue weighted by molar-refractivity contribution is 0.959. The lowest BCUT2D eigenvalue weighted by atomic mass is 10.4. The Labute approximate surface area is 60.8 Å². The number of hydrogen-bond acceptors (Lipinski definition) is 6. The second-order valence-electron chi connectivity index (χ2n) is 1.99. The van der Waals surface area contributed by atoms with Crippen molar-refractivity contribution < 1.29 is 0 Å². The Morgan fingerprint density at radius 1 is 0.909 bits per heavy atom. The Morgan fingerprint density at radius 3 is 1.82 bits per heavy atom. The molecular weight excluding hydrogens is 146 g/mol. The summed E-state index contributed by atoms with van der Waals surface area (Å²) in [6.45, 7) is 0. The molecule has 0 aliphatic rings. The van der Waals surface area contributed by atoms with Gasteiger partial charge >= 0.3 is 0 Å². The molecule has 0 aliphatic heterocycles. The minimum absolute atomic E-state index is 0.225. The van der Waals surface area contributed by atoms with E-state index in [1.807, 2.05) is 0 Å². The van der Waals surface area contributed by atoms with Crippen LogP contribution in [0.1, 0.15) is 0 Å². The number of hydrogen-bond donors (Lipinski definition) is 3. The monoisotopic (exact) mass is 151 g/mol. The first kappa shape index (κ1) is 5.83. The number of aromatic nitrogens is 5. The van der Waals surface area contributed by atoms with Gasteiger partial charge in [-0.1, -0.05) is 0 Å². The zero-order chi connectivity index (χ0) is 7.84. The molecule has 0 saturated carbocycles. The Bertz CT molecular complexity index is 354. The molecule has 0 aliphatic carbocycles. The van der Waals surface area contributed by atoms with Crippen LogP contribution in [0.4, 0.5) is 11.6 Å². The molecule has 11 heavy (non-hydrogen) atoms. The fourth-order valence-corrected chi connectivity index (χ4v) is 0.791. The molecule has 5 N–H and O–H groups in total. The van der Waals surface area contributed by atoms with Gasteiger partial charge < -0.3 is 11.5 Å². The van der Waals surface area contributed by atoms with Gasteiger partial charge in [-0.3, -0.25) is 0 Å². The van der Waals surface area contributed by atoms with Gasteiger partial charge in [0.1, 0.15) is 0 Å². The number of nitrogens with one attached hydrogen (secondary N) is 1. The van der Waals surface area contributed by atoms with Crippen molar-refractivity contribution in [3.8, 4) is 0 Å². The van der Waals surface area contributed by atoms with Crippen molar-refractivity contribution in [2.75, 3.05) is 11.5 Å². The molecule has 2 aromatic rings. The van der Waals surface area contributed by atoms with E-state index in [0.717, 1.165) is 0 Å². The van der Waals surface area contributed by atoms with Gasteiger partial charge in [-0.2, -0.15) is 15.4 Å². The summed E-state index contributed by atoms with van der Waals surface area (Å²) in [5, 5.41) is 17.0. The number of fused-ring (bicyclic) bond motifs is 1. The van der Waals surface area contributed by atoms with E-state index in [4.69, 9.17) is 11.5 Å². The summed E-state index contributed by atoms with van der Waals surface area (Å²) in [4.78, 5) is 0. The van der Waals surface area contributed by atoms with Gasteiger partial charge in [0.25, 0.3) is 0 Å². The maximum Gasteiger partial charge on any atom is 0.176 e. The smallest absolute Gasteiger partial charge is 0.176 e. The van der Waals surface area contributed by atoms with Crippen molar-refractivity contribution in [2.45, 2.75) is 0 Å². The van der Waals surface area contributed by atoms with E-state index in [1.165, 1.54) is 0 Å². The van der Waals surface area contributed by atoms with Gasteiger partial charge in [0.2, 0.25) is 0 Å². The molecule has 0 radical (unpaired) electrons. The third kappa shape index (κ3) is 0.672. The number of nitrogens with two attached hydrogens (primary N) is 2. The molecule has 0 unspecified atom stereocenters. The van der Waals surface area contributed by atoms with Crippen LogP contribution in [0.2, 0.25) is 0 Å². The second kappa shape index (κ2) is 1.78. The Kier molecular flexibility index (Phi) is 0.945. The number of rotatable bonds is 0. The Morgan fingerprint density at radius 2 is 1.36 bits per heavy atom. The summed E-state index contributed by atoms with van der Waals surface area (Å²) in [6, 6.07) is 0. The summed E-state index contributed by atoms with van der Waals surface area (Å²) in [6.07, 6.45) is 0. The quantitative estimate of drug-likeness (QED) is 0.440. The first-order valence-electron chi connectivity index (χ1n) is 2.87. The highest BCUT2D eigenvalue weighted by atomic mass is 15.3. The zero-order valence-corrected chi connectivity index (χ0v) is 5.44. The molecule has 0 fully saturated rings. The molecule has 2 rings (SSSR count). The number of H-pyrrole nitrogens is 1. The average molecular weight is 151 g/mol. The summed E-state index contributed by atoms with van der Waals surface area (Å²) in [5.74, 6) is 0.450. The molecule has 0 atom stereocenters. The predicted molar refractivity (Wildman–Crippen MR) is 38.3 cm³/mol. The highest BCUT2D eigenvalue weighted by Crippen LogP contribution is 2.15. The first-order chi connectivity index (χ1) is 5.29.